The number of carboxylic acids is 1. The molecule has 0 amide bonds. The third-order valence-corrected chi connectivity index (χ3v) is 3.00. The van der Waals surface area contributed by atoms with Gasteiger partial charge in [-0.25, -0.2) is 0 Å². The molecule has 0 bridgehead atoms. The fourth-order valence-corrected chi connectivity index (χ4v) is 2.04. The number of carboxylic acid groups (broad SMARTS) is 1. The minimum atomic E-state index is -0.700. The summed E-state index contributed by atoms with van der Waals surface area (Å²) in [6, 6.07) is 8.41. The van der Waals surface area contributed by atoms with Crippen molar-refractivity contribution in [3.05, 3.63) is 35.4 Å². The van der Waals surface area contributed by atoms with Crippen molar-refractivity contribution in [3.8, 4) is 0 Å². The Bertz CT molecular complexity index is 345. The zero-order valence-electron chi connectivity index (χ0n) is 10.6. The van der Waals surface area contributed by atoms with Crippen molar-refractivity contribution < 1.29 is 9.90 Å². The molecule has 0 atom stereocenters. The molecule has 0 heterocycles. The molecule has 1 N–H and O–H groups in total. The van der Waals surface area contributed by atoms with Crippen LogP contribution in [0.2, 0.25) is 0 Å². The highest BCUT2D eigenvalue weighted by Gasteiger charge is 2.03. The number of hydrogen-bond donors (Lipinski definition) is 1. The SMILES string of the molecule is CCCCCc1ccccc1CCCC(=O)O. The van der Waals surface area contributed by atoms with Gasteiger partial charge in [0.2, 0.25) is 0 Å². The predicted octanol–water partition coefficient (Wildman–Crippen LogP) is 3.83. The van der Waals surface area contributed by atoms with Gasteiger partial charge in [0.15, 0.2) is 0 Å². The molecule has 0 radical (unpaired) electrons. The summed E-state index contributed by atoms with van der Waals surface area (Å²) in [7, 11) is 0. The molecule has 17 heavy (non-hydrogen) atoms. The number of carbonyl (C=O) groups is 1. The summed E-state index contributed by atoms with van der Waals surface area (Å²) in [6.07, 6.45) is 6.74. The zero-order chi connectivity index (χ0) is 12.5. The second kappa shape index (κ2) is 7.88. The van der Waals surface area contributed by atoms with E-state index in [2.05, 4.69) is 25.1 Å². The first-order chi connectivity index (χ1) is 8.24. The van der Waals surface area contributed by atoms with Crippen LogP contribution in [0.1, 0.15) is 50.2 Å². The minimum absolute atomic E-state index is 0.267. The lowest BCUT2D eigenvalue weighted by Crippen LogP contribution is -1.99. The van der Waals surface area contributed by atoms with Crippen molar-refractivity contribution in [2.24, 2.45) is 0 Å². The number of benzene rings is 1. The molecule has 0 aliphatic carbocycles. The molecule has 0 saturated heterocycles. The topological polar surface area (TPSA) is 37.3 Å². The Morgan fingerprint density at radius 2 is 1.65 bits per heavy atom. The monoisotopic (exact) mass is 234 g/mol. The normalized spacial score (nSPS) is 10.4. The van der Waals surface area contributed by atoms with Gasteiger partial charge in [-0.1, -0.05) is 44.0 Å². The van der Waals surface area contributed by atoms with Crippen molar-refractivity contribution >= 4 is 5.97 Å². The van der Waals surface area contributed by atoms with Crippen molar-refractivity contribution in [1.29, 1.82) is 0 Å². The Balaban J connectivity index is 2.48. The smallest absolute Gasteiger partial charge is 0.303 e. The Morgan fingerprint density at radius 3 is 2.18 bits per heavy atom. The third-order valence-electron chi connectivity index (χ3n) is 3.00. The molecular formula is C15H22O2. The molecule has 0 saturated carbocycles. The molecule has 2 nitrogen and oxygen atoms in total. The van der Waals surface area contributed by atoms with Crippen LogP contribution in [0.3, 0.4) is 0 Å². The number of aryl methyl sites for hydroxylation is 2. The first kappa shape index (κ1) is 13.8. The van der Waals surface area contributed by atoms with Crippen LogP contribution in [-0.2, 0) is 17.6 Å². The van der Waals surface area contributed by atoms with E-state index in [1.165, 1.54) is 30.4 Å². The molecule has 0 unspecified atom stereocenters. The molecule has 0 fully saturated rings. The van der Waals surface area contributed by atoms with E-state index in [0.29, 0.717) is 0 Å². The van der Waals surface area contributed by atoms with Gasteiger partial charge in [0.1, 0.15) is 0 Å². The summed E-state index contributed by atoms with van der Waals surface area (Å²) < 4.78 is 0. The fraction of sp³-hybridized carbons (Fsp3) is 0.533. The minimum Gasteiger partial charge on any atom is -0.481 e. The molecule has 1 aromatic carbocycles. The average molecular weight is 234 g/mol. The van der Waals surface area contributed by atoms with Crippen LogP contribution in [0.15, 0.2) is 24.3 Å². The van der Waals surface area contributed by atoms with Gasteiger partial charge in [-0.2, -0.15) is 0 Å². The van der Waals surface area contributed by atoms with Gasteiger partial charge in [-0.3, -0.25) is 4.79 Å². The highest BCUT2D eigenvalue weighted by molar-refractivity contribution is 5.66. The molecule has 0 aliphatic heterocycles. The van der Waals surface area contributed by atoms with Crippen molar-refractivity contribution in [2.75, 3.05) is 0 Å². The first-order valence-electron chi connectivity index (χ1n) is 6.52. The lowest BCUT2D eigenvalue weighted by Gasteiger charge is -2.08. The van der Waals surface area contributed by atoms with Gasteiger partial charge in [0, 0.05) is 6.42 Å². The Morgan fingerprint density at radius 1 is 1.06 bits per heavy atom. The fourth-order valence-electron chi connectivity index (χ4n) is 2.04. The number of hydrogen-bond acceptors (Lipinski definition) is 1. The van der Waals surface area contributed by atoms with Crippen molar-refractivity contribution in [3.63, 3.8) is 0 Å². The first-order valence-corrected chi connectivity index (χ1v) is 6.52. The predicted molar refractivity (Wildman–Crippen MR) is 70.2 cm³/mol. The molecule has 0 aliphatic rings. The molecule has 2 heteroatoms. The average Bonchev–Trinajstić information content (AvgIpc) is 2.31. The van der Waals surface area contributed by atoms with Gasteiger partial charge in [0.05, 0.1) is 0 Å². The lowest BCUT2D eigenvalue weighted by molar-refractivity contribution is -0.137. The summed E-state index contributed by atoms with van der Waals surface area (Å²) in [4.78, 5) is 10.5. The molecular weight excluding hydrogens is 212 g/mol. The molecule has 1 aromatic rings. The molecule has 0 aromatic heterocycles. The van der Waals surface area contributed by atoms with Gasteiger partial charge >= 0.3 is 5.97 Å². The Kier molecular flexibility index (Phi) is 6.38. The van der Waals surface area contributed by atoms with Gasteiger partial charge < -0.3 is 5.11 Å². The van der Waals surface area contributed by atoms with E-state index in [9.17, 15) is 4.79 Å². The van der Waals surface area contributed by atoms with Crippen LogP contribution in [0.25, 0.3) is 0 Å². The van der Waals surface area contributed by atoms with E-state index in [0.717, 1.165) is 19.3 Å². The molecule has 1 rings (SSSR count). The Hall–Kier alpha value is -1.31. The molecule has 94 valence electrons. The van der Waals surface area contributed by atoms with E-state index in [1.54, 1.807) is 0 Å². The number of rotatable bonds is 8. The van der Waals surface area contributed by atoms with Crippen LogP contribution in [0.5, 0.6) is 0 Å². The maximum Gasteiger partial charge on any atom is 0.303 e. The van der Waals surface area contributed by atoms with Crippen LogP contribution < -0.4 is 0 Å². The number of aliphatic carboxylic acids is 1. The van der Waals surface area contributed by atoms with E-state index < -0.39 is 5.97 Å². The van der Waals surface area contributed by atoms with Crippen LogP contribution in [-0.4, -0.2) is 11.1 Å². The van der Waals surface area contributed by atoms with Crippen molar-refractivity contribution in [1.82, 2.24) is 0 Å². The number of unbranched alkanes of at least 4 members (excludes halogenated alkanes) is 2. The van der Waals surface area contributed by atoms with E-state index in [-0.39, 0.29) is 6.42 Å². The van der Waals surface area contributed by atoms with Crippen LogP contribution in [0.4, 0.5) is 0 Å². The van der Waals surface area contributed by atoms with Gasteiger partial charge in [-0.15, -0.1) is 0 Å². The van der Waals surface area contributed by atoms with E-state index in [4.69, 9.17) is 5.11 Å². The van der Waals surface area contributed by atoms with Crippen LogP contribution >= 0.6 is 0 Å². The second-order valence-electron chi connectivity index (χ2n) is 4.47. The van der Waals surface area contributed by atoms with Crippen molar-refractivity contribution in [2.45, 2.75) is 51.9 Å². The standard InChI is InChI=1S/C15H22O2/c1-2-3-4-8-13-9-5-6-10-14(13)11-7-12-15(16)17/h5-6,9-10H,2-4,7-8,11-12H2,1H3,(H,16,17). The van der Waals surface area contributed by atoms with Crippen LogP contribution in [0, 0.1) is 0 Å². The lowest BCUT2D eigenvalue weighted by atomic mass is 9.97. The quantitative estimate of drug-likeness (QED) is 0.694. The maximum atomic E-state index is 10.5. The maximum absolute atomic E-state index is 10.5. The summed E-state index contributed by atoms with van der Waals surface area (Å²) in [6.45, 7) is 2.21. The van der Waals surface area contributed by atoms with E-state index >= 15 is 0 Å². The second-order valence-corrected chi connectivity index (χ2v) is 4.47. The summed E-state index contributed by atoms with van der Waals surface area (Å²) in [5.74, 6) is -0.700. The molecule has 0 spiro atoms. The third kappa shape index (κ3) is 5.53. The van der Waals surface area contributed by atoms with E-state index in [1.807, 2.05) is 6.07 Å². The highest BCUT2D eigenvalue weighted by atomic mass is 16.4. The van der Waals surface area contributed by atoms with Gasteiger partial charge in [-0.05, 0) is 36.8 Å². The summed E-state index contributed by atoms with van der Waals surface area (Å²) >= 11 is 0. The summed E-state index contributed by atoms with van der Waals surface area (Å²) in [5, 5.41) is 8.63. The highest BCUT2D eigenvalue weighted by Crippen LogP contribution is 2.15. The Labute approximate surface area is 104 Å². The zero-order valence-corrected chi connectivity index (χ0v) is 10.6. The largest absolute Gasteiger partial charge is 0.481 e. The van der Waals surface area contributed by atoms with Gasteiger partial charge in [0.25, 0.3) is 0 Å². The summed E-state index contributed by atoms with van der Waals surface area (Å²) in [5.41, 5.74) is 2.72.